The summed E-state index contributed by atoms with van der Waals surface area (Å²) in [5, 5.41) is 13.7. The molecule has 0 unspecified atom stereocenters. The first-order chi connectivity index (χ1) is 9.06. The lowest BCUT2D eigenvalue weighted by molar-refractivity contribution is -0.384. The van der Waals surface area contributed by atoms with E-state index < -0.39 is 4.92 Å². The van der Waals surface area contributed by atoms with Crippen molar-refractivity contribution in [1.82, 2.24) is 5.32 Å². The molecule has 0 spiro atoms. The van der Waals surface area contributed by atoms with E-state index in [-0.39, 0.29) is 35.4 Å². The summed E-state index contributed by atoms with van der Waals surface area (Å²) in [4.78, 5) is 21.5. The summed E-state index contributed by atoms with van der Waals surface area (Å²) in [5.74, 6) is 0.138. The first-order valence-corrected chi connectivity index (χ1v) is 6.30. The topological polar surface area (TPSA) is 81.5 Å². The quantitative estimate of drug-likeness (QED) is 0.642. The van der Waals surface area contributed by atoms with Gasteiger partial charge in [0.15, 0.2) is 0 Å². The Hall–Kier alpha value is -1.82. The van der Waals surface area contributed by atoms with Crippen LogP contribution >= 0.6 is 11.6 Å². The molecule has 0 atom stereocenters. The molecule has 6 nitrogen and oxygen atoms in total. The lowest BCUT2D eigenvalue weighted by Crippen LogP contribution is -2.26. The Bertz CT molecular complexity index is 503. The fraction of sp³-hybridized carbons (Fsp3) is 0.417. The van der Waals surface area contributed by atoms with Gasteiger partial charge in [-0.2, -0.15) is 0 Å². The van der Waals surface area contributed by atoms with Crippen molar-refractivity contribution in [3.05, 3.63) is 33.3 Å². The highest BCUT2D eigenvalue weighted by molar-refractivity contribution is 6.32. The molecule has 7 heteroatoms. The van der Waals surface area contributed by atoms with Gasteiger partial charge in [0.25, 0.3) is 5.69 Å². The van der Waals surface area contributed by atoms with Crippen LogP contribution < -0.4 is 10.1 Å². The standard InChI is InChI=1S/C12H13ClN2O4/c13-10-4-3-9(15(17)18)7-11(10)19-6-5-12(16)14-8-1-2-8/h3-4,7-8H,1-2,5-6H2,(H,14,16). The zero-order valence-electron chi connectivity index (χ0n) is 10.1. The van der Waals surface area contributed by atoms with Crippen LogP contribution in [0.2, 0.25) is 5.02 Å². The second kappa shape index (κ2) is 5.88. The van der Waals surface area contributed by atoms with Crippen LogP contribution in [0.5, 0.6) is 5.75 Å². The molecule has 0 radical (unpaired) electrons. The molecule has 0 aliphatic heterocycles. The number of halogens is 1. The number of amides is 1. The van der Waals surface area contributed by atoms with Crippen molar-refractivity contribution in [2.24, 2.45) is 0 Å². The molecule has 1 aliphatic rings. The number of hydrogen-bond donors (Lipinski definition) is 1. The highest BCUT2D eigenvalue weighted by atomic mass is 35.5. The second-order valence-corrected chi connectivity index (χ2v) is 4.72. The zero-order valence-corrected chi connectivity index (χ0v) is 10.9. The van der Waals surface area contributed by atoms with E-state index in [1.54, 1.807) is 0 Å². The van der Waals surface area contributed by atoms with E-state index in [1.807, 2.05) is 0 Å². The number of nitrogens with zero attached hydrogens (tertiary/aromatic N) is 1. The molecule has 0 heterocycles. The highest BCUT2D eigenvalue weighted by Gasteiger charge is 2.23. The maximum Gasteiger partial charge on any atom is 0.273 e. The number of ether oxygens (including phenoxy) is 1. The average Bonchev–Trinajstić information content (AvgIpc) is 3.15. The van der Waals surface area contributed by atoms with E-state index in [0.717, 1.165) is 12.8 Å². The third kappa shape index (κ3) is 4.10. The summed E-state index contributed by atoms with van der Waals surface area (Å²) in [6.45, 7) is 0.138. The molecule has 0 aromatic heterocycles. The van der Waals surface area contributed by atoms with E-state index in [0.29, 0.717) is 6.04 Å². The first-order valence-electron chi connectivity index (χ1n) is 5.92. The predicted molar refractivity (Wildman–Crippen MR) is 69.4 cm³/mol. The van der Waals surface area contributed by atoms with Crippen molar-refractivity contribution < 1.29 is 14.5 Å². The van der Waals surface area contributed by atoms with Crippen LogP contribution in [0.4, 0.5) is 5.69 Å². The summed E-state index contributed by atoms with van der Waals surface area (Å²) in [6.07, 6.45) is 2.27. The molecular formula is C12H13ClN2O4. The number of nitrogens with one attached hydrogen (secondary N) is 1. The summed E-state index contributed by atoms with van der Waals surface area (Å²) < 4.78 is 5.30. The summed E-state index contributed by atoms with van der Waals surface area (Å²) in [6, 6.07) is 4.27. The van der Waals surface area contributed by atoms with Crippen molar-refractivity contribution in [2.75, 3.05) is 6.61 Å². The average molecular weight is 285 g/mol. The fourth-order valence-electron chi connectivity index (χ4n) is 1.50. The molecule has 1 N–H and O–H groups in total. The maximum absolute atomic E-state index is 11.4. The molecule has 102 valence electrons. The molecule has 19 heavy (non-hydrogen) atoms. The molecule has 1 aromatic rings. The minimum atomic E-state index is -0.525. The van der Waals surface area contributed by atoms with E-state index in [1.165, 1.54) is 18.2 Å². The molecule has 1 aromatic carbocycles. The molecule has 1 fully saturated rings. The van der Waals surface area contributed by atoms with Crippen LogP contribution in [0, 0.1) is 10.1 Å². The number of carbonyl (C=O) groups is 1. The van der Waals surface area contributed by atoms with Gasteiger partial charge in [-0.1, -0.05) is 11.6 Å². The van der Waals surface area contributed by atoms with E-state index in [9.17, 15) is 14.9 Å². The molecule has 1 amide bonds. The molecule has 0 bridgehead atoms. The Kier molecular flexibility index (Phi) is 4.21. The molecule has 1 aliphatic carbocycles. The number of nitro benzene ring substituents is 1. The van der Waals surface area contributed by atoms with E-state index in [2.05, 4.69) is 5.32 Å². The van der Waals surface area contributed by atoms with Crippen LogP contribution in [0.25, 0.3) is 0 Å². The molecule has 2 rings (SSSR count). The normalized spacial score (nSPS) is 13.9. The third-order valence-corrected chi connectivity index (χ3v) is 2.97. The van der Waals surface area contributed by atoms with Gasteiger partial charge in [0.2, 0.25) is 5.91 Å². The molecule has 1 saturated carbocycles. The number of rotatable bonds is 6. The van der Waals surface area contributed by atoms with Gasteiger partial charge in [0.05, 0.1) is 29.0 Å². The van der Waals surface area contributed by atoms with Gasteiger partial charge < -0.3 is 10.1 Å². The largest absolute Gasteiger partial charge is 0.491 e. The van der Waals surface area contributed by atoms with Crippen molar-refractivity contribution >= 4 is 23.2 Å². The molecule has 0 saturated heterocycles. The first kappa shape index (κ1) is 13.6. The SMILES string of the molecule is O=C(CCOc1cc([N+](=O)[O-])ccc1Cl)NC1CC1. The van der Waals surface area contributed by atoms with Crippen molar-refractivity contribution in [1.29, 1.82) is 0 Å². The van der Waals surface area contributed by atoms with E-state index in [4.69, 9.17) is 16.3 Å². The minimum Gasteiger partial charge on any atom is -0.491 e. The lowest BCUT2D eigenvalue weighted by Gasteiger charge is -2.08. The van der Waals surface area contributed by atoms with Gasteiger partial charge in [-0.25, -0.2) is 0 Å². The Morgan fingerprint density at radius 1 is 1.53 bits per heavy atom. The summed E-state index contributed by atoms with van der Waals surface area (Å²) in [7, 11) is 0. The van der Waals surface area contributed by atoms with Crippen LogP contribution in [-0.2, 0) is 4.79 Å². The van der Waals surface area contributed by atoms with Gasteiger partial charge in [0.1, 0.15) is 5.75 Å². The lowest BCUT2D eigenvalue weighted by atomic mass is 10.3. The Morgan fingerprint density at radius 2 is 2.26 bits per heavy atom. The Labute approximate surface area is 114 Å². The van der Waals surface area contributed by atoms with Gasteiger partial charge in [-0.15, -0.1) is 0 Å². The number of non-ortho nitro benzene ring substituents is 1. The highest BCUT2D eigenvalue weighted by Crippen LogP contribution is 2.28. The fourth-order valence-corrected chi connectivity index (χ4v) is 1.67. The minimum absolute atomic E-state index is 0.0796. The van der Waals surface area contributed by atoms with Gasteiger partial charge in [0, 0.05) is 12.1 Å². The van der Waals surface area contributed by atoms with Crippen molar-refractivity contribution in [3.8, 4) is 5.75 Å². The third-order valence-electron chi connectivity index (χ3n) is 2.65. The van der Waals surface area contributed by atoms with Crippen LogP contribution in [-0.4, -0.2) is 23.5 Å². The Balaban J connectivity index is 1.85. The van der Waals surface area contributed by atoms with Crippen molar-refractivity contribution in [2.45, 2.75) is 25.3 Å². The summed E-state index contributed by atoms with van der Waals surface area (Å²) >= 11 is 5.86. The number of benzene rings is 1. The number of nitro groups is 1. The van der Waals surface area contributed by atoms with Crippen LogP contribution in [0.15, 0.2) is 18.2 Å². The predicted octanol–water partition coefficient (Wildman–Crippen LogP) is 2.30. The van der Waals surface area contributed by atoms with Gasteiger partial charge >= 0.3 is 0 Å². The Morgan fingerprint density at radius 3 is 2.89 bits per heavy atom. The van der Waals surface area contributed by atoms with Gasteiger partial charge in [-0.05, 0) is 18.9 Å². The maximum atomic E-state index is 11.4. The smallest absolute Gasteiger partial charge is 0.273 e. The van der Waals surface area contributed by atoms with Crippen LogP contribution in [0.3, 0.4) is 0 Å². The molecular weight excluding hydrogens is 272 g/mol. The summed E-state index contributed by atoms with van der Waals surface area (Å²) in [5.41, 5.74) is -0.0955. The van der Waals surface area contributed by atoms with E-state index >= 15 is 0 Å². The van der Waals surface area contributed by atoms with Crippen molar-refractivity contribution in [3.63, 3.8) is 0 Å². The zero-order chi connectivity index (χ0) is 13.8. The second-order valence-electron chi connectivity index (χ2n) is 4.31. The van der Waals surface area contributed by atoms with Crippen LogP contribution in [0.1, 0.15) is 19.3 Å². The monoisotopic (exact) mass is 284 g/mol. The van der Waals surface area contributed by atoms with Gasteiger partial charge in [-0.3, -0.25) is 14.9 Å². The number of carbonyl (C=O) groups excluding carboxylic acids is 1. The number of hydrogen-bond acceptors (Lipinski definition) is 4.